The number of benzene rings is 1. The second kappa shape index (κ2) is 8.20. The largest absolute Gasteiger partial charge is 0.469 e. The van der Waals surface area contributed by atoms with E-state index in [1.807, 2.05) is 30.3 Å². The summed E-state index contributed by atoms with van der Waals surface area (Å²) in [6, 6.07) is 11.5. The van der Waals surface area contributed by atoms with Crippen LogP contribution in [-0.4, -0.2) is 29.1 Å². The number of ether oxygens (including phenoxy) is 1. The normalized spacial score (nSPS) is 25.5. The molecule has 3 aliphatic rings. The minimum Gasteiger partial charge on any atom is -0.469 e. The first-order chi connectivity index (χ1) is 13.6. The van der Waals surface area contributed by atoms with Gasteiger partial charge in [0.1, 0.15) is 11.5 Å². The molecule has 1 aromatic carbocycles. The predicted octanol–water partition coefficient (Wildman–Crippen LogP) is 3.92. The summed E-state index contributed by atoms with van der Waals surface area (Å²) in [5.74, 6) is 7.23. The highest BCUT2D eigenvalue weighted by molar-refractivity contribution is 6.28. The third-order valence-corrected chi connectivity index (χ3v) is 5.98. The number of carbonyl (C=O) groups is 1. The Hall–Kier alpha value is -2.58. The molecule has 3 fully saturated rings. The first-order valence-electron chi connectivity index (χ1n) is 9.60. The van der Waals surface area contributed by atoms with E-state index < -0.39 is 0 Å². The summed E-state index contributed by atoms with van der Waals surface area (Å²) in [5.41, 5.74) is 1.45. The van der Waals surface area contributed by atoms with E-state index in [-0.39, 0.29) is 23.2 Å². The number of halogens is 1. The molecule has 2 unspecified atom stereocenters. The van der Waals surface area contributed by atoms with Gasteiger partial charge in [0.05, 0.1) is 13.0 Å². The van der Waals surface area contributed by atoms with E-state index in [0.717, 1.165) is 31.2 Å². The van der Waals surface area contributed by atoms with E-state index in [4.69, 9.17) is 16.3 Å². The summed E-state index contributed by atoms with van der Waals surface area (Å²) in [7, 11) is 1.46. The van der Waals surface area contributed by atoms with Crippen molar-refractivity contribution in [3.05, 3.63) is 52.9 Å². The predicted molar refractivity (Wildman–Crippen MR) is 108 cm³/mol. The lowest BCUT2D eigenvalue weighted by molar-refractivity contribution is -0.152. The third-order valence-electron chi connectivity index (χ3n) is 5.81. The monoisotopic (exact) mass is 395 g/mol. The summed E-state index contributed by atoms with van der Waals surface area (Å²) >= 11 is 6.13. The molecule has 144 valence electrons. The van der Waals surface area contributed by atoms with E-state index in [0.29, 0.717) is 23.3 Å². The number of nitrogens with one attached hydrogen (secondary N) is 1. The van der Waals surface area contributed by atoms with Crippen LogP contribution in [-0.2, 0) is 9.53 Å². The Labute approximate surface area is 169 Å². The molecule has 2 atom stereocenters. The third kappa shape index (κ3) is 3.98. The van der Waals surface area contributed by atoms with Gasteiger partial charge in [-0.15, -0.1) is 0 Å². The first-order valence-corrected chi connectivity index (χ1v) is 9.98. The topological polar surface area (TPSA) is 64.1 Å². The summed E-state index contributed by atoms with van der Waals surface area (Å²) in [6.07, 6.45) is 4.41. The molecule has 3 aliphatic carbocycles. The van der Waals surface area contributed by atoms with E-state index in [9.17, 15) is 4.79 Å². The van der Waals surface area contributed by atoms with Crippen molar-refractivity contribution < 1.29 is 9.53 Å². The van der Waals surface area contributed by atoms with Crippen LogP contribution >= 0.6 is 11.6 Å². The van der Waals surface area contributed by atoms with Crippen LogP contribution in [0.15, 0.2) is 36.4 Å². The second-order valence-corrected chi connectivity index (χ2v) is 7.76. The standard InChI is InChI=1S/C22H22ClN3O2/c1-28-21(27)19-15-8-10-16(11-9-15)20(19)25-18-13-17(24-22(23)26-18)12-7-14-5-3-2-4-6-14/h2-6,13,15-16,19-20H,8-11H2,1H3,(H,24,25,26). The van der Waals surface area contributed by atoms with Gasteiger partial charge < -0.3 is 10.1 Å². The van der Waals surface area contributed by atoms with Crippen LogP contribution in [0.4, 0.5) is 5.82 Å². The smallest absolute Gasteiger partial charge is 0.311 e. The minimum absolute atomic E-state index is 0.000786. The van der Waals surface area contributed by atoms with Crippen molar-refractivity contribution in [2.24, 2.45) is 17.8 Å². The lowest BCUT2D eigenvalue weighted by atomic mass is 9.61. The Morgan fingerprint density at radius 2 is 1.82 bits per heavy atom. The van der Waals surface area contributed by atoms with Gasteiger partial charge >= 0.3 is 5.97 Å². The Kier molecular flexibility index (Phi) is 5.50. The fraction of sp³-hybridized carbons (Fsp3) is 0.409. The van der Waals surface area contributed by atoms with E-state index in [1.54, 1.807) is 6.07 Å². The van der Waals surface area contributed by atoms with Gasteiger partial charge in [-0.1, -0.05) is 24.1 Å². The van der Waals surface area contributed by atoms with Gasteiger partial charge in [-0.25, -0.2) is 9.97 Å². The number of aromatic nitrogens is 2. The van der Waals surface area contributed by atoms with Gasteiger partial charge in [0, 0.05) is 17.7 Å². The maximum atomic E-state index is 12.4. The van der Waals surface area contributed by atoms with E-state index in [2.05, 4.69) is 27.1 Å². The molecule has 0 spiro atoms. The van der Waals surface area contributed by atoms with Crippen LogP contribution in [0, 0.1) is 29.6 Å². The van der Waals surface area contributed by atoms with Gasteiger partial charge in [0.15, 0.2) is 0 Å². The van der Waals surface area contributed by atoms with Gasteiger partial charge in [0.25, 0.3) is 0 Å². The molecule has 3 saturated carbocycles. The molecular weight excluding hydrogens is 374 g/mol. The van der Waals surface area contributed by atoms with Crippen molar-refractivity contribution in [1.82, 2.24) is 9.97 Å². The Balaban J connectivity index is 1.58. The number of hydrogen-bond donors (Lipinski definition) is 1. The van der Waals surface area contributed by atoms with Crippen molar-refractivity contribution in [1.29, 1.82) is 0 Å². The zero-order chi connectivity index (χ0) is 19.5. The van der Waals surface area contributed by atoms with E-state index in [1.165, 1.54) is 7.11 Å². The van der Waals surface area contributed by atoms with E-state index >= 15 is 0 Å². The van der Waals surface area contributed by atoms with Gasteiger partial charge in [-0.2, -0.15) is 0 Å². The number of rotatable bonds is 3. The number of methoxy groups -OCH3 is 1. The summed E-state index contributed by atoms with van der Waals surface area (Å²) in [4.78, 5) is 20.9. The van der Waals surface area contributed by atoms with Gasteiger partial charge in [-0.3, -0.25) is 4.79 Å². The molecule has 2 bridgehead atoms. The van der Waals surface area contributed by atoms with Crippen LogP contribution in [0.3, 0.4) is 0 Å². The number of esters is 1. The molecule has 28 heavy (non-hydrogen) atoms. The number of anilines is 1. The number of nitrogens with zero attached hydrogens (tertiary/aromatic N) is 2. The summed E-state index contributed by atoms with van der Waals surface area (Å²) in [6.45, 7) is 0. The van der Waals surface area contributed by atoms with Crippen LogP contribution in [0.1, 0.15) is 36.9 Å². The average Bonchev–Trinajstić information content (AvgIpc) is 2.73. The zero-order valence-electron chi connectivity index (χ0n) is 15.7. The minimum atomic E-state index is -0.148. The maximum absolute atomic E-state index is 12.4. The lowest BCUT2D eigenvalue weighted by Gasteiger charge is -2.47. The summed E-state index contributed by atoms with van der Waals surface area (Å²) in [5, 5.41) is 3.59. The quantitative estimate of drug-likeness (QED) is 0.484. The molecule has 0 aliphatic heterocycles. The molecular formula is C22H22ClN3O2. The number of hydrogen-bond acceptors (Lipinski definition) is 5. The molecule has 0 saturated heterocycles. The van der Waals surface area contributed by atoms with Gasteiger partial charge in [0.2, 0.25) is 5.28 Å². The highest BCUT2D eigenvalue weighted by Gasteiger charge is 2.47. The molecule has 2 aromatic rings. The number of fused-ring (bicyclic) bond motifs is 3. The first kappa shape index (κ1) is 18.8. The Morgan fingerprint density at radius 1 is 1.11 bits per heavy atom. The fourth-order valence-electron chi connectivity index (χ4n) is 4.52. The van der Waals surface area contributed by atoms with Gasteiger partial charge in [-0.05, 0) is 67.2 Å². The average molecular weight is 396 g/mol. The highest BCUT2D eigenvalue weighted by Crippen LogP contribution is 2.46. The van der Waals surface area contributed by atoms with Crippen molar-refractivity contribution >= 4 is 23.4 Å². The van der Waals surface area contributed by atoms with Crippen LogP contribution in [0.2, 0.25) is 5.28 Å². The molecule has 1 aromatic heterocycles. The second-order valence-electron chi connectivity index (χ2n) is 7.42. The van der Waals surface area contributed by atoms with Crippen LogP contribution in [0.25, 0.3) is 0 Å². The molecule has 5 nitrogen and oxygen atoms in total. The van der Waals surface area contributed by atoms with Crippen LogP contribution < -0.4 is 5.32 Å². The highest BCUT2D eigenvalue weighted by atomic mass is 35.5. The number of carbonyl (C=O) groups excluding carboxylic acids is 1. The molecule has 1 N–H and O–H groups in total. The SMILES string of the molecule is COC(=O)C1C2CCC(CC2)C1Nc1cc(C#Cc2ccccc2)nc(Cl)n1. The van der Waals surface area contributed by atoms with Crippen molar-refractivity contribution in [3.63, 3.8) is 0 Å². The molecule has 6 heteroatoms. The van der Waals surface area contributed by atoms with Crippen molar-refractivity contribution in [2.45, 2.75) is 31.7 Å². The summed E-state index contributed by atoms with van der Waals surface area (Å²) < 4.78 is 5.09. The van der Waals surface area contributed by atoms with Crippen LogP contribution in [0.5, 0.6) is 0 Å². The van der Waals surface area contributed by atoms with Crippen molar-refractivity contribution in [2.75, 3.05) is 12.4 Å². The molecule has 0 amide bonds. The Morgan fingerprint density at radius 3 is 2.54 bits per heavy atom. The lowest BCUT2D eigenvalue weighted by Crippen LogP contribution is -2.51. The fourth-order valence-corrected chi connectivity index (χ4v) is 4.70. The molecule has 1 heterocycles. The van der Waals surface area contributed by atoms with Crippen molar-refractivity contribution in [3.8, 4) is 11.8 Å². The Bertz CT molecular complexity index is 914. The molecule has 0 radical (unpaired) electrons. The maximum Gasteiger partial charge on any atom is 0.311 e. The zero-order valence-corrected chi connectivity index (χ0v) is 16.4. The molecule has 5 rings (SSSR count).